The highest BCUT2D eigenvalue weighted by Gasteiger charge is 2.41. The Morgan fingerprint density at radius 1 is 1.62 bits per heavy atom. The summed E-state index contributed by atoms with van der Waals surface area (Å²) in [4.78, 5) is 4.42. The molecule has 0 spiro atoms. The molecule has 0 radical (unpaired) electrons. The van der Waals surface area contributed by atoms with E-state index in [9.17, 15) is 0 Å². The number of rotatable bonds is 4. The molecule has 86 valence electrons. The lowest BCUT2D eigenvalue weighted by Crippen LogP contribution is -2.49. The Kier molecular flexibility index (Phi) is 2.82. The van der Waals surface area contributed by atoms with Crippen LogP contribution in [0.1, 0.15) is 37.2 Å². The van der Waals surface area contributed by atoms with Crippen LogP contribution in [-0.4, -0.2) is 11.0 Å². The molecule has 4 unspecified atom stereocenters. The van der Waals surface area contributed by atoms with Gasteiger partial charge in [0.1, 0.15) is 5.01 Å². The van der Waals surface area contributed by atoms with Crippen LogP contribution in [0.3, 0.4) is 0 Å². The van der Waals surface area contributed by atoms with Gasteiger partial charge in [-0.25, -0.2) is 4.98 Å². The first-order valence-electron chi connectivity index (χ1n) is 6.20. The Hall–Kier alpha value is -0.670. The van der Waals surface area contributed by atoms with Crippen LogP contribution >= 0.6 is 11.3 Å². The molecule has 1 heterocycles. The van der Waals surface area contributed by atoms with Crippen molar-refractivity contribution in [2.24, 2.45) is 11.8 Å². The standard InChI is InChI=1S/C13H18N2S/c1-2-11(13-14-6-7-16-13)15-12-8-9-4-3-5-10(9)12/h3,5-7,9-12,15H,2,4,8H2,1H3. The normalized spacial score (nSPS) is 33.4. The second-order valence-electron chi connectivity index (χ2n) is 4.84. The quantitative estimate of drug-likeness (QED) is 0.810. The average molecular weight is 234 g/mol. The van der Waals surface area contributed by atoms with E-state index in [1.54, 1.807) is 11.3 Å². The third-order valence-electron chi connectivity index (χ3n) is 3.94. The second-order valence-corrected chi connectivity index (χ2v) is 5.77. The third kappa shape index (κ3) is 1.72. The van der Waals surface area contributed by atoms with Crippen LogP contribution in [0, 0.1) is 11.8 Å². The molecule has 1 aromatic rings. The number of hydrogen-bond acceptors (Lipinski definition) is 3. The lowest BCUT2D eigenvalue weighted by Gasteiger charge is -2.42. The lowest BCUT2D eigenvalue weighted by molar-refractivity contribution is 0.148. The van der Waals surface area contributed by atoms with Crippen LogP contribution < -0.4 is 5.32 Å². The van der Waals surface area contributed by atoms with Crippen molar-refractivity contribution in [2.45, 2.75) is 38.3 Å². The molecule has 1 saturated carbocycles. The van der Waals surface area contributed by atoms with Gasteiger partial charge >= 0.3 is 0 Å². The van der Waals surface area contributed by atoms with Gasteiger partial charge in [-0.1, -0.05) is 19.1 Å². The minimum atomic E-state index is 0.458. The highest BCUT2D eigenvalue weighted by atomic mass is 32.1. The highest BCUT2D eigenvalue weighted by Crippen LogP contribution is 2.43. The molecule has 2 aliphatic carbocycles. The first-order chi connectivity index (χ1) is 7.88. The summed E-state index contributed by atoms with van der Waals surface area (Å²) in [5.41, 5.74) is 0. The largest absolute Gasteiger partial charge is 0.305 e. The van der Waals surface area contributed by atoms with E-state index in [2.05, 4.69) is 34.8 Å². The Balaban J connectivity index is 1.63. The molecule has 1 aromatic heterocycles. The minimum Gasteiger partial charge on any atom is -0.305 e. The van der Waals surface area contributed by atoms with Crippen molar-refractivity contribution in [3.8, 4) is 0 Å². The molecule has 0 aliphatic heterocycles. The van der Waals surface area contributed by atoms with Crippen molar-refractivity contribution in [3.63, 3.8) is 0 Å². The van der Waals surface area contributed by atoms with E-state index in [-0.39, 0.29) is 0 Å². The Bertz CT molecular complexity index is 371. The summed E-state index contributed by atoms with van der Waals surface area (Å²) in [6, 6.07) is 1.15. The number of allylic oxidation sites excluding steroid dienone is 1. The minimum absolute atomic E-state index is 0.458. The molecule has 3 rings (SSSR count). The molecule has 2 nitrogen and oxygen atoms in total. The van der Waals surface area contributed by atoms with Gasteiger partial charge in [0.2, 0.25) is 0 Å². The number of thiazole rings is 1. The van der Waals surface area contributed by atoms with Crippen LogP contribution in [0.4, 0.5) is 0 Å². The van der Waals surface area contributed by atoms with Gasteiger partial charge in [0.25, 0.3) is 0 Å². The van der Waals surface area contributed by atoms with Crippen molar-refractivity contribution in [1.82, 2.24) is 10.3 Å². The van der Waals surface area contributed by atoms with Gasteiger partial charge in [-0.3, -0.25) is 0 Å². The first-order valence-corrected chi connectivity index (χ1v) is 7.08. The monoisotopic (exact) mass is 234 g/mol. The van der Waals surface area contributed by atoms with E-state index >= 15 is 0 Å². The summed E-state index contributed by atoms with van der Waals surface area (Å²) in [5, 5.41) is 7.09. The van der Waals surface area contributed by atoms with Gasteiger partial charge in [-0.2, -0.15) is 0 Å². The van der Waals surface area contributed by atoms with Gasteiger partial charge in [0.15, 0.2) is 0 Å². The van der Waals surface area contributed by atoms with Crippen LogP contribution in [0.25, 0.3) is 0 Å². The maximum absolute atomic E-state index is 4.42. The Morgan fingerprint density at radius 3 is 3.25 bits per heavy atom. The molecule has 3 heteroatoms. The second kappa shape index (κ2) is 4.30. The number of nitrogens with zero attached hydrogens (tertiary/aromatic N) is 1. The lowest BCUT2D eigenvalue weighted by atomic mass is 9.71. The molecule has 1 fully saturated rings. The zero-order valence-corrected chi connectivity index (χ0v) is 10.4. The molecule has 0 amide bonds. The van der Waals surface area contributed by atoms with Crippen LogP contribution in [0.5, 0.6) is 0 Å². The first kappa shape index (κ1) is 10.5. The Morgan fingerprint density at radius 2 is 2.56 bits per heavy atom. The highest BCUT2D eigenvalue weighted by molar-refractivity contribution is 7.09. The van der Waals surface area contributed by atoms with Crippen molar-refractivity contribution >= 4 is 11.3 Å². The van der Waals surface area contributed by atoms with Crippen molar-refractivity contribution < 1.29 is 0 Å². The number of hydrogen-bond donors (Lipinski definition) is 1. The van der Waals surface area contributed by atoms with E-state index < -0.39 is 0 Å². The summed E-state index contributed by atoms with van der Waals surface area (Å²) < 4.78 is 0. The van der Waals surface area contributed by atoms with E-state index in [0.717, 1.165) is 18.3 Å². The van der Waals surface area contributed by atoms with E-state index in [4.69, 9.17) is 0 Å². The van der Waals surface area contributed by atoms with Gasteiger partial charge in [-0.05, 0) is 31.1 Å². The molecule has 16 heavy (non-hydrogen) atoms. The fourth-order valence-corrected chi connectivity index (χ4v) is 3.72. The number of nitrogens with one attached hydrogen (secondary N) is 1. The van der Waals surface area contributed by atoms with E-state index in [1.165, 1.54) is 17.8 Å². The molecule has 0 aromatic carbocycles. The maximum atomic E-state index is 4.42. The third-order valence-corrected chi connectivity index (χ3v) is 4.83. The summed E-state index contributed by atoms with van der Waals surface area (Å²) >= 11 is 1.77. The number of aromatic nitrogens is 1. The van der Waals surface area contributed by atoms with Crippen molar-refractivity contribution in [1.29, 1.82) is 0 Å². The van der Waals surface area contributed by atoms with E-state index in [1.807, 2.05) is 6.20 Å². The summed E-state index contributed by atoms with van der Waals surface area (Å²) in [5.74, 6) is 1.74. The smallest absolute Gasteiger partial charge is 0.109 e. The molecular weight excluding hydrogens is 216 g/mol. The fourth-order valence-electron chi connectivity index (χ4n) is 2.94. The van der Waals surface area contributed by atoms with E-state index in [0.29, 0.717) is 12.1 Å². The summed E-state index contributed by atoms with van der Waals surface area (Å²) in [7, 11) is 0. The Labute approximate surface area is 101 Å². The molecule has 1 N–H and O–H groups in total. The molecule has 0 bridgehead atoms. The zero-order valence-electron chi connectivity index (χ0n) is 9.60. The maximum Gasteiger partial charge on any atom is 0.109 e. The average Bonchev–Trinajstić information content (AvgIpc) is 2.89. The van der Waals surface area contributed by atoms with Crippen LogP contribution in [0.15, 0.2) is 23.7 Å². The number of fused-ring (bicyclic) bond motifs is 1. The molecule has 4 atom stereocenters. The predicted octanol–water partition coefficient (Wildman–Crippen LogP) is 3.15. The zero-order chi connectivity index (χ0) is 11.0. The van der Waals surface area contributed by atoms with Gasteiger partial charge in [0, 0.05) is 17.6 Å². The topological polar surface area (TPSA) is 24.9 Å². The molecular formula is C13H18N2S. The van der Waals surface area contributed by atoms with Crippen LogP contribution in [-0.2, 0) is 0 Å². The molecule has 2 aliphatic rings. The van der Waals surface area contributed by atoms with Crippen LogP contribution in [0.2, 0.25) is 0 Å². The predicted molar refractivity (Wildman–Crippen MR) is 67.4 cm³/mol. The van der Waals surface area contributed by atoms with Gasteiger partial charge in [-0.15, -0.1) is 11.3 Å². The van der Waals surface area contributed by atoms with Gasteiger partial charge in [0.05, 0.1) is 6.04 Å². The molecule has 0 saturated heterocycles. The fraction of sp³-hybridized carbons (Fsp3) is 0.615. The van der Waals surface area contributed by atoms with Crippen molar-refractivity contribution in [2.75, 3.05) is 0 Å². The van der Waals surface area contributed by atoms with Gasteiger partial charge < -0.3 is 5.32 Å². The van der Waals surface area contributed by atoms with Crippen molar-refractivity contribution in [3.05, 3.63) is 28.7 Å². The summed E-state index contributed by atoms with van der Waals surface area (Å²) in [6.45, 7) is 2.24. The summed E-state index contributed by atoms with van der Waals surface area (Å²) in [6.07, 6.45) is 10.4. The SMILES string of the molecule is CCC(NC1CC2CC=CC21)c1nccs1.